The highest BCUT2D eigenvalue weighted by molar-refractivity contribution is 5.94. The van der Waals surface area contributed by atoms with E-state index in [4.69, 9.17) is 10.8 Å². The average Bonchev–Trinajstić information content (AvgIpc) is 2.27. The predicted octanol–water partition coefficient (Wildman–Crippen LogP) is 1.17. The van der Waals surface area contributed by atoms with Crippen LogP contribution in [0.1, 0.15) is 36.7 Å². The molecule has 0 heterocycles. The van der Waals surface area contributed by atoms with Gasteiger partial charge in [0.15, 0.2) is 0 Å². The van der Waals surface area contributed by atoms with E-state index in [2.05, 4.69) is 5.32 Å². The summed E-state index contributed by atoms with van der Waals surface area (Å²) in [6, 6.07) is 5.89. The zero-order chi connectivity index (χ0) is 14.6. The molecule has 19 heavy (non-hydrogen) atoms. The summed E-state index contributed by atoms with van der Waals surface area (Å²) < 4.78 is 0. The molecule has 0 aliphatic heterocycles. The fourth-order valence-electron chi connectivity index (χ4n) is 1.59. The lowest BCUT2D eigenvalue weighted by Gasteiger charge is -2.20. The summed E-state index contributed by atoms with van der Waals surface area (Å²) in [5.74, 6) is -1.23. The van der Waals surface area contributed by atoms with Gasteiger partial charge in [-0.25, -0.2) is 0 Å². The van der Waals surface area contributed by atoms with Gasteiger partial charge >= 0.3 is 5.97 Å². The lowest BCUT2D eigenvalue weighted by Crippen LogP contribution is -2.40. The maximum absolute atomic E-state index is 12.0. The van der Waals surface area contributed by atoms with E-state index in [-0.39, 0.29) is 17.9 Å². The number of nitrogens with two attached hydrogens (primary N) is 1. The monoisotopic (exact) mass is 264 g/mol. The van der Waals surface area contributed by atoms with Crippen LogP contribution < -0.4 is 11.1 Å². The molecular formula is C14H20N2O3. The number of carbonyl (C=O) groups excluding carboxylic acids is 1. The molecular weight excluding hydrogens is 244 g/mol. The molecule has 5 nitrogen and oxygen atoms in total. The minimum atomic E-state index is -1.05. The molecule has 0 radical (unpaired) electrons. The minimum Gasteiger partial charge on any atom is -0.480 e. The number of hydrogen-bond acceptors (Lipinski definition) is 3. The quantitative estimate of drug-likeness (QED) is 0.761. The van der Waals surface area contributed by atoms with E-state index in [1.54, 1.807) is 24.3 Å². The molecule has 0 aliphatic rings. The van der Waals surface area contributed by atoms with E-state index < -0.39 is 12.0 Å². The van der Waals surface area contributed by atoms with Crippen LogP contribution in [0, 0.1) is 0 Å². The summed E-state index contributed by atoms with van der Waals surface area (Å²) in [4.78, 5) is 22.7. The van der Waals surface area contributed by atoms with Crippen molar-refractivity contribution < 1.29 is 14.7 Å². The van der Waals surface area contributed by atoms with Crippen LogP contribution in [-0.4, -0.2) is 28.6 Å². The molecule has 0 saturated carbocycles. The van der Waals surface area contributed by atoms with E-state index in [0.717, 1.165) is 5.56 Å². The van der Waals surface area contributed by atoms with Crippen molar-refractivity contribution in [2.45, 2.75) is 38.8 Å². The molecule has 4 N–H and O–H groups in total. The van der Waals surface area contributed by atoms with Gasteiger partial charge in [0.2, 0.25) is 0 Å². The van der Waals surface area contributed by atoms with Crippen LogP contribution in [0.4, 0.5) is 0 Å². The topological polar surface area (TPSA) is 92.4 Å². The maximum atomic E-state index is 12.0. The Morgan fingerprint density at radius 3 is 2.53 bits per heavy atom. The van der Waals surface area contributed by atoms with Crippen LogP contribution in [0.15, 0.2) is 24.3 Å². The van der Waals surface area contributed by atoms with Crippen LogP contribution in [0.3, 0.4) is 0 Å². The number of aliphatic carboxylic acids is 1. The van der Waals surface area contributed by atoms with Crippen molar-refractivity contribution >= 4 is 11.9 Å². The van der Waals surface area contributed by atoms with Gasteiger partial charge in [-0.05, 0) is 44.9 Å². The molecule has 0 saturated heterocycles. The van der Waals surface area contributed by atoms with Gasteiger partial charge in [-0.3, -0.25) is 9.59 Å². The number of hydrogen-bond donors (Lipinski definition) is 3. The van der Waals surface area contributed by atoms with Crippen molar-refractivity contribution in [1.29, 1.82) is 0 Å². The molecule has 0 bridgehead atoms. The van der Waals surface area contributed by atoms with E-state index in [0.29, 0.717) is 5.56 Å². The average molecular weight is 264 g/mol. The van der Waals surface area contributed by atoms with Crippen molar-refractivity contribution in [1.82, 2.24) is 5.32 Å². The summed E-state index contributed by atoms with van der Waals surface area (Å²) in [5, 5.41) is 11.6. The lowest BCUT2D eigenvalue weighted by atomic mass is 10.0. The fourth-order valence-corrected chi connectivity index (χ4v) is 1.59. The SMILES string of the molecule is CC(C)(C)NC(=O)c1cccc(C[C@H](N)C(=O)O)c1. The first-order valence-corrected chi connectivity index (χ1v) is 6.09. The molecule has 0 spiro atoms. The number of carboxylic acid groups (broad SMARTS) is 1. The van der Waals surface area contributed by atoms with E-state index >= 15 is 0 Å². The molecule has 1 rings (SSSR count). The van der Waals surface area contributed by atoms with E-state index in [1.807, 2.05) is 20.8 Å². The van der Waals surface area contributed by atoms with Gasteiger partial charge in [-0.2, -0.15) is 0 Å². The van der Waals surface area contributed by atoms with Crippen molar-refractivity contribution in [3.63, 3.8) is 0 Å². The summed E-state index contributed by atoms with van der Waals surface area (Å²) in [5.41, 5.74) is 6.40. The number of carbonyl (C=O) groups is 2. The first-order valence-electron chi connectivity index (χ1n) is 6.09. The summed E-state index contributed by atoms with van der Waals surface area (Å²) in [6.07, 6.45) is 0.200. The van der Waals surface area contributed by atoms with Gasteiger partial charge < -0.3 is 16.2 Å². The van der Waals surface area contributed by atoms with Crippen molar-refractivity contribution in [2.24, 2.45) is 5.73 Å². The zero-order valence-electron chi connectivity index (χ0n) is 11.4. The maximum Gasteiger partial charge on any atom is 0.320 e. The highest BCUT2D eigenvalue weighted by Crippen LogP contribution is 2.09. The highest BCUT2D eigenvalue weighted by atomic mass is 16.4. The summed E-state index contributed by atoms with van der Waals surface area (Å²) >= 11 is 0. The second-order valence-electron chi connectivity index (χ2n) is 5.55. The van der Waals surface area contributed by atoms with Gasteiger partial charge in [-0.15, -0.1) is 0 Å². The van der Waals surface area contributed by atoms with Gasteiger partial charge in [0.1, 0.15) is 6.04 Å². The molecule has 104 valence electrons. The molecule has 0 fully saturated rings. The van der Waals surface area contributed by atoms with E-state index in [1.165, 1.54) is 0 Å². The Kier molecular flexibility index (Phi) is 4.67. The van der Waals surface area contributed by atoms with Crippen molar-refractivity contribution in [3.05, 3.63) is 35.4 Å². The molecule has 1 aromatic rings. The molecule has 0 aromatic heterocycles. The Hall–Kier alpha value is -1.88. The molecule has 0 unspecified atom stereocenters. The smallest absolute Gasteiger partial charge is 0.320 e. The second kappa shape index (κ2) is 5.84. The Labute approximate surface area is 112 Å². The van der Waals surface area contributed by atoms with Crippen LogP contribution in [0.5, 0.6) is 0 Å². The molecule has 5 heteroatoms. The summed E-state index contributed by atoms with van der Waals surface area (Å²) in [7, 11) is 0. The first-order chi connectivity index (χ1) is 8.69. The number of nitrogens with one attached hydrogen (secondary N) is 1. The van der Waals surface area contributed by atoms with Crippen molar-refractivity contribution in [3.8, 4) is 0 Å². The van der Waals surface area contributed by atoms with Gasteiger partial charge in [-0.1, -0.05) is 12.1 Å². The van der Waals surface area contributed by atoms with E-state index in [9.17, 15) is 9.59 Å². The van der Waals surface area contributed by atoms with Crippen LogP contribution in [-0.2, 0) is 11.2 Å². The second-order valence-corrected chi connectivity index (χ2v) is 5.55. The summed E-state index contributed by atoms with van der Waals surface area (Å²) in [6.45, 7) is 5.69. The fraction of sp³-hybridized carbons (Fsp3) is 0.429. The molecule has 1 atom stereocenters. The van der Waals surface area contributed by atoms with Gasteiger partial charge in [0.25, 0.3) is 5.91 Å². The van der Waals surface area contributed by atoms with Crippen LogP contribution in [0.25, 0.3) is 0 Å². The Morgan fingerprint density at radius 2 is 2.00 bits per heavy atom. The third kappa shape index (κ3) is 5.09. The van der Waals surface area contributed by atoms with Gasteiger partial charge in [0.05, 0.1) is 0 Å². The molecule has 0 aliphatic carbocycles. The Bertz CT molecular complexity index is 478. The first kappa shape index (κ1) is 15.2. The lowest BCUT2D eigenvalue weighted by molar-refractivity contribution is -0.138. The van der Waals surface area contributed by atoms with Crippen molar-refractivity contribution in [2.75, 3.05) is 0 Å². The number of carboxylic acids is 1. The number of amides is 1. The normalized spacial score (nSPS) is 12.8. The third-order valence-electron chi connectivity index (χ3n) is 2.45. The zero-order valence-corrected chi connectivity index (χ0v) is 11.4. The third-order valence-corrected chi connectivity index (χ3v) is 2.45. The molecule has 1 amide bonds. The predicted molar refractivity (Wildman–Crippen MR) is 73.0 cm³/mol. The number of benzene rings is 1. The largest absolute Gasteiger partial charge is 0.480 e. The molecule has 1 aromatic carbocycles. The minimum absolute atomic E-state index is 0.182. The number of rotatable bonds is 4. The van der Waals surface area contributed by atoms with Crippen LogP contribution >= 0.6 is 0 Å². The van der Waals surface area contributed by atoms with Crippen LogP contribution in [0.2, 0.25) is 0 Å². The van der Waals surface area contributed by atoms with Gasteiger partial charge in [0, 0.05) is 11.1 Å². The Morgan fingerprint density at radius 1 is 1.37 bits per heavy atom. The standard InChI is InChI=1S/C14H20N2O3/c1-14(2,3)16-12(17)10-6-4-5-9(7-10)8-11(15)13(18)19/h4-7,11H,8,15H2,1-3H3,(H,16,17)(H,18,19)/t11-/m0/s1. The highest BCUT2D eigenvalue weighted by Gasteiger charge is 2.16. The Balaban J connectivity index is 2.82.